The number of methoxy groups -OCH3 is 1. The fraction of sp³-hybridized carbons (Fsp3) is 0.500. The van der Waals surface area contributed by atoms with Crippen molar-refractivity contribution in [2.24, 2.45) is 4.99 Å². The Bertz CT molecular complexity index is 607. The number of hydrogen-bond donors (Lipinski definition) is 2. The van der Waals surface area contributed by atoms with E-state index in [2.05, 4.69) is 38.2 Å². The first-order valence-electron chi connectivity index (χ1n) is 7.60. The Labute approximate surface area is 131 Å². The van der Waals surface area contributed by atoms with Crippen LogP contribution in [0.15, 0.2) is 35.6 Å². The van der Waals surface area contributed by atoms with E-state index >= 15 is 0 Å². The summed E-state index contributed by atoms with van der Waals surface area (Å²) in [6, 6.07) is 8.42. The van der Waals surface area contributed by atoms with Gasteiger partial charge in [-0.25, -0.2) is 4.98 Å². The second kappa shape index (κ2) is 8.38. The molecule has 120 valence electrons. The number of aromatic nitrogens is 2. The van der Waals surface area contributed by atoms with Crippen LogP contribution in [0.3, 0.4) is 0 Å². The van der Waals surface area contributed by atoms with Gasteiger partial charge < -0.3 is 19.9 Å². The van der Waals surface area contributed by atoms with E-state index in [1.54, 1.807) is 14.2 Å². The molecule has 6 heteroatoms. The molecular weight excluding hydrogens is 278 g/mol. The first kappa shape index (κ1) is 16.3. The number of ether oxygens (including phenoxy) is 1. The highest BCUT2D eigenvalue weighted by molar-refractivity contribution is 5.79. The minimum absolute atomic E-state index is 0.230. The highest BCUT2D eigenvalue weighted by atomic mass is 16.5. The fourth-order valence-electron chi connectivity index (χ4n) is 2.36. The maximum atomic E-state index is 5.11. The highest BCUT2D eigenvalue weighted by Crippen LogP contribution is 2.11. The Balaban J connectivity index is 1.76. The molecule has 2 N–H and O–H groups in total. The summed E-state index contributed by atoms with van der Waals surface area (Å²) in [6.07, 6.45) is 2.90. The first-order chi connectivity index (χ1) is 10.7. The molecule has 0 radical (unpaired) electrons. The molecule has 1 aromatic carbocycles. The summed E-state index contributed by atoms with van der Waals surface area (Å²) in [7, 11) is 3.47. The summed E-state index contributed by atoms with van der Waals surface area (Å²) in [5.41, 5.74) is 2.22. The number of fused-ring (bicyclic) bond motifs is 1. The zero-order valence-electron chi connectivity index (χ0n) is 13.5. The Morgan fingerprint density at radius 3 is 3.00 bits per heavy atom. The van der Waals surface area contributed by atoms with Crippen molar-refractivity contribution in [1.82, 2.24) is 20.2 Å². The number of guanidine groups is 1. The summed E-state index contributed by atoms with van der Waals surface area (Å²) in [4.78, 5) is 8.62. The smallest absolute Gasteiger partial charge is 0.191 e. The van der Waals surface area contributed by atoms with Gasteiger partial charge in [-0.2, -0.15) is 0 Å². The molecule has 1 aromatic heterocycles. The molecule has 0 bridgehead atoms. The van der Waals surface area contributed by atoms with Crippen LogP contribution in [0.4, 0.5) is 0 Å². The third-order valence-electron chi connectivity index (χ3n) is 3.42. The zero-order chi connectivity index (χ0) is 15.8. The van der Waals surface area contributed by atoms with Crippen LogP contribution in [0, 0.1) is 0 Å². The Hall–Kier alpha value is -2.08. The van der Waals surface area contributed by atoms with Gasteiger partial charge in [-0.15, -0.1) is 0 Å². The van der Waals surface area contributed by atoms with E-state index in [1.165, 1.54) is 5.52 Å². The van der Waals surface area contributed by atoms with E-state index in [0.717, 1.165) is 31.0 Å². The second-order valence-electron chi connectivity index (χ2n) is 5.28. The summed E-state index contributed by atoms with van der Waals surface area (Å²) in [6.45, 7) is 4.50. The van der Waals surface area contributed by atoms with Crippen molar-refractivity contribution < 1.29 is 4.74 Å². The Morgan fingerprint density at radius 2 is 2.23 bits per heavy atom. The average Bonchev–Trinajstić information content (AvgIpc) is 2.94. The van der Waals surface area contributed by atoms with Crippen molar-refractivity contribution in [2.45, 2.75) is 25.9 Å². The molecule has 0 aliphatic heterocycles. The monoisotopic (exact) mass is 303 g/mol. The molecule has 0 amide bonds. The normalized spacial score (nSPS) is 13.3. The molecule has 6 nitrogen and oxygen atoms in total. The van der Waals surface area contributed by atoms with Gasteiger partial charge in [0.25, 0.3) is 0 Å². The van der Waals surface area contributed by atoms with Gasteiger partial charge >= 0.3 is 0 Å². The molecule has 1 unspecified atom stereocenters. The molecule has 0 fully saturated rings. The minimum atomic E-state index is 0.230. The average molecular weight is 303 g/mol. The lowest BCUT2D eigenvalue weighted by molar-refractivity contribution is 0.179. The van der Waals surface area contributed by atoms with Crippen molar-refractivity contribution >= 4 is 17.0 Å². The number of benzene rings is 1. The van der Waals surface area contributed by atoms with Gasteiger partial charge in [0.05, 0.1) is 24.0 Å². The summed E-state index contributed by atoms with van der Waals surface area (Å²) >= 11 is 0. The number of hydrogen-bond acceptors (Lipinski definition) is 3. The quantitative estimate of drug-likeness (QED) is 0.463. The SMILES string of the molecule is CN=C(NCCCn1cnc2ccccc21)NC(C)COC. The Kier molecular flexibility index (Phi) is 6.21. The van der Waals surface area contributed by atoms with Crippen molar-refractivity contribution in [1.29, 1.82) is 0 Å². The molecule has 0 spiro atoms. The van der Waals surface area contributed by atoms with E-state index in [1.807, 2.05) is 24.5 Å². The molecule has 0 saturated heterocycles. The number of nitrogens with one attached hydrogen (secondary N) is 2. The maximum absolute atomic E-state index is 5.11. The largest absolute Gasteiger partial charge is 0.383 e. The molecule has 1 atom stereocenters. The first-order valence-corrected chi connectivity index (χ1v) is 7.60. The van der Waals surface area contributed by atoms with E-state index < -0.39 is 0 Å². The van der Waals surface area contributed by atoms with Gasteiger partial charge in [-0.05, 0) is 25.5 Å². The van der Waals surface area contributed by atoms with E-state index in [-0.39, 0.29) is 6.04 Å². The molecule has 22 heavy (non-hydrogen) atoms. The number of imidazole rings is 1. The third kappa shape index (κ3) is 4.46. The molecule has 0 aliphatic rings. The van der Waals surface area contributed by atoms with Crippen LogP contribution in [0.1, 0.15) is 13.3 Å². The van der Waals surface area contributed by atoms with Crippen molar-refractivity contribution in [3.05, 3.63) is 30.6 Å². The predicted molar refractivity (Wildman–Crippen MR) is 90.2 cm³/mol. The second-order valence-corrected chi connectivity index (χ2v) is 5.28. The van der Waals surface area contributed by atoms with Crippen LogP contribution in [-0.2, 0) is 11.3 Å². The number of aryl methyl sites for hydroxylation is 1. The van der Waals surface area contributed by atoms with Crippen LogP contribution in [0.2, 0.25) is 0 Å². The molecule has 2 rings (SSSR count). The summed E-state index contributed by atoms with van der Waals surface area (Å²) in [5.74, 6) is 0.806. The maximum Gasteiger partial charge on any atom is 0.191 e. The lowest BCUT2D eigenvalue weighted by atomic mass is 10.3. The minimum Gasteiger partial charge on any atom is -0.383 e. The van der Waals surface area contributed by atoms with Gasteiger partial charge in [0, 0.05) is 33.3 Å². The summed E-state index contributed by atoms with van der Waals surface area (Å²) in [5, 5.41) is 6.60. The van der Waals surface area contributed by atoms with Gasteiger partial charge in [0.1, 0.15) is 0 Å². The lowest BCUT2D eigenvalue weighted by Gasteiger charge is -2.17. The van der Waals surface area contributed by atoms with Gasteiger partial charge in [-0.1, -0.05) is 12.1 Å². The van der Waals surface area contributed by atoms with E-state index in [9.17, 15) is 0 Å². The van der Waals surface area contributed by atoms with Crippen LogP contribution in [0.5, 0.6) is 0 Å². The standard InChI is InChI=1S/C16H25N5O/c1-13(11-22-3)20-16(17-2)18-9-6-10-21-12-19-14-7-4-5-8-15(14)21/h4-5,7-8,12-13H,6,9-11H2,1-3H3,(H2,17,18,20). The van der Waals surface area contributed by atoms with Crippen molar-refractivity contribution in [3.63, 3.8) is 0 Å². The van der Waals surface area contributed by atoms with Crippen LogP contribution < -0.4 is 10.6 Å². The van der Waals surface area contributed by atoms with Crippen molar-refractivity contribution in [2.75, 3.05) is 27.3 Å². The fourth-order valence-corrected chi connectivity index (χ4v) is 2.36. The predicted octanol–water partition coefficient (Wildman–Crippen LogP) is 1.63. The number of nitrogens with zero attached hydrogens (tertiary/aromatic N) is 3. The molecule has 2 aromatic rings. The number of aliphatic imine (C=N–C) groups is 1. The molecule has 0 aliphatic carbocycles. The van der Waals surface area contributed by atoms with Crippen LogP contribution in [-0.4, -0.2) is 48.9 Å². The van der Waals surface area contributed by atoms with E-state index in [4.69, 9.17) is 4.74 Å². The molecule has 0 saturated carbocycles. The summed E-state index contributed by atoms with van der Waals surface area (Å²) < 4.78 is 7.29. The molecular formula is C16H25N5O. The Morgan fingerprint density at radius 1 is 1.41 bits per heavy atom. The van der Waals surface area contributed by atoms with Gasteiger partial charge in [-0.3, -0.25) is 4.99 Å². The van der Waals surface area contributed by atoms with Crippen molar-refractivity contribution in [3.8, 4) is 0 Å². The zero-order valence-corrected chi connectivity index (χ0v) is 13.5. The third-order valence-corrected chi connectivity index (χ3v) is 3.42. The highest BCUT2D eigenvalue weighted by Gasteiger charge is 2.04. The van der Waals surface area contributed by atoms with Gasteiger partial charge in [0.2, 0.25) is 0 Å². The molecule has 1 heterocycles. The van der Waals surface area contributed by atoms with E-state index in [0.29, 0.717) is 6.61 Å². The number of rotatable bonds is 7. The van der Waals surface area contributed by atoms with Crippen LogP contribution in [0.25, 0.3) is 11.0 Å². The number of para-hydroxylation sites is 2. The topological polar surface area (TPSA) is 63.5 Å². The van der Waals surface area contributed by atoms with Gasteiger partial charge in [0.15, 0.2) is 5.96 Å². The lowest BCUT2D eigenvalue weighted by Crippen LogP contribution is -2.44. The van der Waals surface area contributed by atoms with Crippen LogP contribution >= 0.6 is 0 Å².